The van der Waals surface area contributed by atoms with Gasteiger partial charge in [0.15, 0.2) is 0 Å². The molecule has 1 heterocycles. The molecule has 3 nitrogen and oxygen atoms in total. The summed E-state index contributed by atoms with van der Waals surface area (Å²) in [5.74, 6) is 0. The lowest BCUT2D eigenvalue weighted by Gasteiger charge is -2.03. The largest absolute Gasteiger partial charge is 0.388 e. The topological polar surface area (TPSA) is 40.5 Å². The minimum atomic E-state index is -1.25. The van der Waals surface area contributed by atoms with E-state index in [2.05, 4.69) is 0 Å². The van der Waals surface area contributed by atoms with Crippen molar-refractivity contribution < 1.29 is 14.3 Å². The van der Waals surface area contributed by atoms with Crippen molar-refractivity contribution >= 4 is 18.8 Å². The van der Waals surface area contributed by atoms with Gasteiger partial charge < -0.3 is 10.0 Å². The number of β-amino-alcohol motifs (C(OH)–C–C–N with tert-alkyl or cyclic N) is 1. The lowest BCUT2D eigenvalue weighted by atomic mass is 10.3. The molecule has 0 saturated carbocycles. The number of likely N-dealkylation sites (tertiary alicyclic amines) is 1. The van der Waals surface area contributed by atoms with E-state index in [-0.39, 0.29) is 25.5 Å². The molecule has 0 aromatic rings. The summed E-state index contributed by atoms with van der Waals surface area (Å²) in [6.45, 7) is 0.162. The second-order valence-electron chi connectivity index (χ2n) is 2.14. The van der Waals surface area contributed by atoms with Crippen LogP contribution in [0, 0.1) is 0 Å². The van der Waals surface area contributed by atoms with Gasteiger partial charge in [-0.05, 0) is 0 Å². The predicted octanol–water partition coefficient (Wildman–Crippen LogP) is -0.421. The molecule has 0 aliphatic carbocycles. The number of rotatable bonds is 1. The van der Waals surface area contributed by atoms with Crippen LogP contribution in [-0.2, 0) is 4.79 Å². The number of aliphatic hydroxyl groups excluding tert-OH is 1. The van der Waals surface area contributed by atoms with Gasteiger partial charge >= 0.3 is 0 Å². The van der Waals surface area contributed by atoms with Crippen LogP contribution in [0.1, 0.15) is 0 Å². The summed E-state index contributed by atoms with van der Waals surface area (Å²) in [6.07, 6.45) is -1.69. The lowest BCUT2D eigenvalue weighted by molar-refractivity contribution is -0.117. The Balaban J connectivity index is 0.000000810. The number of aliphatic hydroxyl groups is 1. The van der Waals surface area contributed by atoms with Crippen LogP contribution in [0.4, 0.5) is 4.39 Å². The van der Waals surface area contributed by atoms with Crippen LogP contribution in [0.25, 0.3) is 0 Å². The summed E-state index contributed by atoms with van der Waals surface area (Å²) in [6, 6.07) is 0. The first-order valence-corrected chi connectivity index (χ1v) is 2.75. The molecule has 1 fully saturated rings. The summed E-state index contributed by atoms with van der Waals surface area (Å²) < 4.78 is 12.3. The highest BCUT2D eigenvalue weighted by Crippen LogP contribution is 2.10. The fourth-order valence-corrected chi connectivity index (χ4v) is 0.861. The highest BCUT2D eigenvalue weighted by Gasteiger charge is 2.29. The SMILES string of the molecule is Cl.O=CN1C[C@@H](O)[C@H](F)C1. The van der Waals surface area contributed by atoms with Crippen molar-refractivity contribution in [2.24, 2.45) is 0 Å². The second kappa shape index (κ2) is 3.73. The molecule has 60 valence electrons. The Hall–Kier alpha value is -0.350. The van der Waals surface area contributed by atoms with E-state index in [0.717, 1.165) is 0 Å². The standard InChI is InChI=1S/C5H8FNO2.ClH/c6-4-1-7(3-8)2-5(4)9;/h3-5,9H,1-2H2;1H/t4-,5-;/m1./s1. The van der Waals surface area contributed by atoms with E-state index >= 15 is 0 Å². The predicted molar refractivity (Wildman–Crippen MR) is 35.8 cm³/mol. The van der Waals surface area contributed by atoms with Gasteiger partial charge in [0.05, 0.1) is 6.54 Å². The van der Waals surface area contributed by atoms with Crippen molar-refractivity contribution in [2.75, 3.05) is 13.1 Å². The zero-order valence-corrected chi connectivity index (χ0v) is 6.05. The van der Waals surface area contributed by atoms with Gasteiger partial charge in [-0.2, -0.15) is 0 Å². The Morgan fingerprint density at radius 3 is 2.40 bits per heavy atom. The average Bonchev–Trinajstić information content (AvgIpc) is 2.13. The Bertz CT molecular complexity index is 114. The first-order valence-electron chi connectivity index (χ1n) is 2.75. The maximum Gasteiger partial charge on any atom is 0.209 e. The molecule has 2 atom stereocenters. The number of halogens is 2. The zero-order valence-electron chi connectivity index (χ0n) is 5.24. The molecular formula is C5H9ClFNO2. The van der Waals surface area contributed by atoms with Crippen molar-refractivity contribution in [2.45, 2.75) is 12.3 Å². The minimum absolute atomic E-state index is 0. The molecule has 10 heavy (non-hydrogen) atoms. The molecule has 1 aliphatic heterocycles. The van der Waals surface area contributed by atoms with E-state index in [1.54, 1.807) is 0 Å². The fraction of sp³-hybridized carbons (Fsp3) is 0.800. The third-order valence-electron chi connectivity index (χ3n) is 1.40. The Kier molecular flexibility index (Phi) is 3.60. The van der Waals surface area contributed by atoms with Gasteiger partial charge in [0.2, 0.25) is 6.41 Å². The molecule has 1 saturated heterocycles. The van der Waals surface area contributed by atoms with Gasteiger partial charge in [0.1, 0.15) is 12.3 Å². The van der Waals surface area contributed by atoms with Crippen LogP contribution in [0.2, 0.25) is 0 Å². The first-order chi connectivity index (χ1) is 4.24. The number of carbonyl (C=O) groups is 1. The first kappa shape index (κ1) is 9.65. The van der Waals surface area contributed by atoms with Crippen molar-refractivity contribution in [3.63, 3.8) is 0 Å². The number of nitrogens with zero attached hydrogens (tertiary/aromatic N) is 1. The summed E-state index contributed by atoms with van der Waals surface area (Å²) in [7, 11) is 0. The molecule has 1 aliphatic rings. The summed E-state index contributed by atoms with van der Waals surface area (Å²) in [4.78, 5) is 11.2. The fourth-order valence-electron chi connectivity index (χ4n) is 0.861. The van der Waals surface area contributed by atoms with Crippen molar-refractivity contribution in [1.82, 2.24) is 4.90 Å². The smallest absolute Gasteiger partial charge is 0.209 e. The molecular weight excluding hydrogens is 161 g/mol. The van der Waals surface area contributed by atoms with Gasteiger partial charge in [-0.15, -0.1) is 12.4 Å². The number of alkyl halides is 1. The molecule has 0 spiro atoms. The molecule has 0 unspecified atom stereocenters. The summed E-state index contributed by atoms with van der Waals surface area (Å²) >= 11 is 0. The molecule has 0 radical (unpaired) electrons. The van der Waals surface area contributed by atoms with E-state index in [0.29, 0.717) is 6.41 Å². The van der Waals surface area contributed by atoms with Gasteiger partial charge in [0.25, 0.3) is 0 Å². The van der Waals surface area contributed by atoms with E-state index in [1.807, 2.05) is 0 Å². The average molecular weight is 170 g/mol. The van der Waals surface area contributed by atoms with E-state index in [9.17, 15) is 9.18 Å². The molecule has 1 amide bonds. The Morgan fingerprint density at radius 1 is 1.60 bits per heavy atom. The van der Waals surface area contributed by atoms with Gasteiger partial charge in [-0.25, -0.2) is 4.39 Å². The number of amides is 1. The molecule has 1 N–H and O–H groups in total. The molecule has 0 aromatic heterocycles. The Labute approximate surface area is 64.2 Å². The third-order valence-corrected chi connectivity index (χ3v) is 1.40. The maximum atomic E-state index is 12.3. The van der Waals surface area contributed by atoms with Crippen molar-refractivity contribution in [3.8, 4) is 0 Å². The Morgan fingerprint density at radius 2 is 2.20 bits per heavy atom. The molecule has 0 bridgehead atoms. The van der Waals surface area contributed by atoms with Crippen LogP contribution in [0.5, 0.6) is 0 Å². The van der Waals surface area contributed by atoms with Crippen LogP contribution in [0.3, 0.4) is 0 Å². The monoisotopic (exact) mass is 169 g/mol. The van der Waals surface area contributed by atoms with Crippen LogP contribution >= 0.6 is 12.4 Å². The highest BCUT2D eigenvalue weighted by molar-refractivity contribution is 5.85. The zero-order chi connectivity index (χ0) is 6.85. The normalized spacial score (nSPS) is 31.6. The van der Waals surface area contributed by atoms with Gasteiger partial charge in [-0.3, -0.25) is 4.79 Å². The van der Waals surface area contributed by atoms with Gasteiger partial charge in [0, 0.05) is 6.54 Å². The summed E-state index contributed by atoms with van der Waals surface area (Å²) in [5, 5.41) is 8.72. The quantitative estimate of drug-likeness (QED) is 0.542. The van der Waals surface area contributed by atoms with Gasteiger partial charge in [-0.1, -0.05) is 0 Å². The number of hydrogen-bond donors (Lipinski definition) is 1. The van der Waals surface area contributed by atoms with Crippen LogP contribution < -0.4 is 0 Å². The van der Waals surface area contributed by atoms with Crippen LogP contribution in [-0.4, -0.2) is 41.8 Å². The van der Waals surface area contributed by atoms with Crippen LogP contribution in [0.15, 0.2) is 0 Å². The minimum Gasteiger partial charge on any atom is -0.388 e. The number of carbonyl (C=O) groups excluding carboxylic acids is 1. The molecule has 1 rings (SSSR count). The highest BCUT2D eigenvalue weighted by atomic mass is 35.5. The molecule has 0 aromatic carbocycles. The summed E-state index contributed by atoms with van der Waals surface area (Å²) in [5.41, 5.74) is 0. The van der Waals surface area contributed by atoms with Crippen molar-refractivity contribution in [3.05, 3.63) is 0 Å². The molecule has 5 heteroatoms. The number of hydrogen-bond acceptors (Lipinski definition) is 2. The second-order valence-corrected chi connectivity index (χ2v) is 2.14. The lowest BCUT2D eigenvalue weighted by Crippen LogP contribution is -2.19. The van der Waals surface area contributed by atoms with E-state index < -0.39 is 12.3 Å². The van der Waals surface area contributed by atoms with E-state index in [4.69, 9.17) is 5.11 Å². The van der Waals surface area contributed by atoms with E-state index in [1.165, 1.54) is 4.90 Å². The third kappa shape index (κ3) is 1.82. The maximum absolute atomic E-state index is 12.3. The van der Waals surface area contributed by atoms with Crippen molar-refractivity contribution in [1.29, 1.82) is 0 Å².